The topological polar surface area (TPSA) is 89.5 Å². The van der Waals surface area contributed by atoms with Gasteiger partial charge in [-0.05, 0) is 25.1 Å². The Bertz CT molecular complexity index is 1010. The Labute approximate surface area is 172 Å². The Balaban J connectivity index is 2.97. The van der Waals surface area contributed by atoms with E-state index in [0.29, 0.717) is 11.0 Å². The number of nitrogens with zero attached hydrogens (tertiary/aromatic N) is 3. The molecule has 0 fully saturated rings. The Morgan fingerprint density at radius 2 is 1.50 bits per heavy atom. The molecule has 0 heterocycles. The van der Waals surface area contributed by atoms with Crippen LogP contribution in [0.3, 0.4) is 0 Å². The molecule has 14 heteroatoms. The summed E-state index contributed by atoms with van der Waals surface area (Å²) >= 11 is 2.84. The maximum Gasteiger partial charge on any atom is 0.418 e. The van der Waals surface area contributed by atoms with Crippen molar-refractivity contribution in [3.63, 3.8) is 0 Å². The molecule has 0 aliphatic heterocycles. The van der Waals surface area contributed by atoms with E-state index in [1.807, 2.05) is 0 Å². The van der Waals surface area contributed by atoms with Crippen molar-refractivity contribution in [3.05, 3.63) is 66.2 Å². The minimum absolute atomic E-state index is 0.0242. The number of anilines is 2. The summed E-state index contributed by atoms with van der Waals surface area (Å²) in [6.07, 6.45) is -10.3. The molecule has 0 saturated heterocycles. The molecule has 2 aromatic rings. The Morgan fingerprint density at radius 1 is 0.933 bits per heavy atom. The van der Waals surface area contributed by atoms with Crippen LogP contribution in [0.5, 0.6) is 0 Å². The molecule has 2 rings (SSSR count). The number of alkyl halides is 6. The quantitative estimate of drug-likeness (QED) is 0.266. The van der Waals surface area contributed by atoms with E-state index in [-0.39, 0.29) is 16.6 Å². The first kappa shape index (κ1) is 23.4. The minimum Gasteiger partial charge on any atom is -0.335 e. The molecule has 0 saturated carbocycles. The largest absolute Gasteiger partial charge is 0.418 e. The monoisotopic (exact) mass is 501 g/mol. The van der Waals surface area contributed by atoms with Gasteiger partial charge < -0.3 is 4.90 Å². The molecule has 162 valence electrons. The second-order valence-electron chi connectivity index (χ2n) is 5.78. The van der Waals surface area contributed by atoms with Crippen LogP contribution in [0.2, 0.25) is 0 Å². The lowest BCUT2D eigenvalue weighted by atomic mass is 10.0. The highest BCUT2D eigenvalue weighted by molar-refractivity contribution is 9.10. The molecular formula is C16H10BrF6N3O4. The molecule has 0 aromatic heterocycles. The summed E-state index contributed by atoms with van der Waals surface area (Å²) in [6.45, 7) is 0.653. The van der Waals surface area contributed by atoms with E-state index in [4.69, 9.17) is 0 Å². The molecule has 0 N–H and O–H groups in total. The third-order valence-electron chi connectivity index (χ3n) is 3.93. The molecule has 0 amide bonds. The standard InChI is InChI=1S/C16H10BrF6N3O4/c1-2-24(12-4-3-8(17)5-10(12)15(18,19)20)14-11(16(21,22)23)6-9(25(27)28)7-13(14)26(29)30/h3-7H,2H2,1H3. The Hall–Kier alpha value is -2.90. The molecule has 0 aliphatic carbocycles. The molecule has 0 atom stereocenters. The van der Waals surface area contributed by atoms with Gasteiger partial charge in [0.15, 0.2) is 0 Å². The molecule has 0 aliphatic rings. The van der Waals surface area contributed by atoms with Gasteiger partial charge in [0.25, 0.3) is 11.4 Å². The summed E-state index contributed by atoms with van der Waals surface area (Å²) in [7, 11) is 0. The Morgan fingerprint density at radius 3 is 1.93 bits per heavy atom. The zero-order valence-corrected chi connectivity index (χ0v) is 16.3. The van der Waals surface area contributed by atoms with Crippen LogP contribution in [0.4, 0.5) is 49.1 Å². The molecule has 2 aromatic carbocycles. The average molecular weight is 502 g/mol. The number of nitro groups is 2. The van der Waals surface area contributed by atoms with Crippen molar-refractivity contribution in [2.45, 2.75) is 19.3 Å². The van der Waals surface area contributed by atoms with Gasteiger partial charge >= 0.3 is 12.4 Å². The molecule has 7 nitrogen and oxygen atoms in total. The predicted molar refractivity (Wildman–Crippen MR) is 96.6 cm³/mol. The highest BCUT2D eigenvalue weighted by Gasteiger charge is 2.43. The third kappa shape index (κ3) is 4.63. The van der Waals surface area contributed by atoms with Crippen molar-refractivity contribution in [1.29, 1.82) is 0 Å². The minimum atomic E-state index is -5.33. The van der Waals surface area contributed by atoms with Crippen molar-refractivity contribution >= 4 is 38.7 Å². The summed E-state index contributed by atoms with van der Waals surface area (Å²) in [5.74, 6) is 0. The summed E-state index contributed by atoms with van der Waals surface area (Å²) in [5, 5.41) is 22.4. The van der Waals surface area contributed by atoms with Crippen molar-refractivity contribution < 1.29 is 36.2 Å². The van der Waals surface area contributed by atoms with Crippen LogP contribution in [0, 0.1) is 20.2 Å². The van der Waals surface area contributed by atoms with Gasteiger partial charge in [0, 0.05) is 17.1 Å². The highest BCUT2D eigenvalue weighted by atomic mass is 79.9. The van der Waals surface area contributed by atoms with Crippen molar-refractivity contribution in [3.8, 4) is 0 Å². The van der Waals surface area contributed by atoms with Crippen LogP contribution in [0.25, 0.3) is 0 Å². The van der Waals surface area contributed by atoms with Crippen molar-refractivity contribution in [1.82, 2.24) is 0 Å². The number of hydrogen-bond donors (Lipinski definition) is 0. The lowest BCUT2D eigenvalue weighted by molar-refractivity contribution is -0.394. The normalized spacial score (nSPS) is 12.0. The van der Waals surface area contributed by atoms with E-state index in [2.05, 4.69) is 15.9 Å². The number of benzene rings is 2. The van der Waals surface area contributed by atoms with E-state index in [1.165, 1.54) is 6.92 Å². The third-order valence-corrected chi connectivity index (χ3v) is 4.42. The zero-order valence-electron chi connectivity index (χ0n) is 14.7. The fraction of sp³-hybridized carbons (Fsp3) is 0.250. The van der Waals surface area contributed by atoms with Gasteiger partial charge in [0.1, 0.15) is 5.69 Å². The fourth-order valence-electron chi connectivity index (χ4n) is 2.77. The van der Waals surface area contributed by atoms with Gasteiger partial charge in [-0.25, -0.2) is 0 Å². The van der Waals surface area contributed by atoms with Gasteiger partial charge in [-0.3, -0.25) is 20.2 Å². The number of nitro benzene ring substituents is 2. The predicted octanol–water partition coefficient (Wildman–Crippen LogP) is 6.46. The van der Waals surface area contributed by atoms with E-state index in [9.17, 15) is 46.6 Å². The smallest absolute Gasteiger partial charge is 0.335 e. The van der Waals surface area contributed by atoms with Crippen LogP contribution in [0.15, 0.2) is 34.8 Å². The van der Waals surface area contributed by atoms with Gasteiger partial charge in [-0.15, -0.1) is 0 Å². The molecular weight excluding hydrogens is 492 g/mol. The molecule has 0 radical (unpaired) electrons. The SMILES string of the molecule is CCN(c1ccc(Br)cc1C(F)(F)F)c1c([N+](=O)[O-])cc([N+](=O)[O-])cc1C(F)(F)F. The first-order chi connectivity index (χ1) is 13.7. The lowest BCUT2D eigenvalue weighted by Gasteiger charge is -2.28. The summed E-state index contributed by atoms with van der Waals surface area (Å²) in [5.41, 5.74) is -7.74. The van der Waals surface area contributed by atoms with Crippen LogP contribution in [-0.2, 0) is 12.4 Å². The second kappa shape index (κ2) is 8.08. The molecule has 0 unspecified atom stereocenters. The van der Waals surface area contributed by atoms with Gasteiger partial charge in [0.05, 0.1) is 32.7 Å². The molecule has 0 spiro atoms. The van der Waals surface area contributed by atoms with E-state index >= 15 is 0 Å². The van der Waals surface area contributed by atoms with Crippen LogP contribution in [-0.4, -0.2) is 16.4 Å². The van der Waals surface area contributed by atoms with Crippen molar-refractivity contribution in [2.75, 3.05) is 11.4 Å². The van der Waals surface area contributed by atoms with Gasteiger partial charge in [-0.2, -0.15) is 26.3 Å². The van der Waals surface area contributed by atoms with E-state index in [0.717, 1.165) is 12.1 Å². The number of hydrogen-bond acceptors (Lipinski definition) is 5. The number of non-ortho nitro benzene ring substituents is 1. The van der Waals surface area contributed by atoms with Crippen LogP contribution in [0.1, 0.15) is 18.1 Å². The zero-order chi connectivity index (χ0) is 23.0. The van der Waals surface area contributed by atoms with Crippen molar-refractivity contribution in [2.24, 2.45) is 0 Å². The Kier molecular flexibility index (Phi) is 6.30. The van der Waals surface area contributed by atoms with Gasteiger partial charge in [-0.1, -0.05) is 15.9 Å². The number of rotatable bonds is 5. The average Bonchev–Trinajstić information content (AvgIpc) is 2.61. The first-order valence-corrected chi connectivity index (χ1v) is 8.66. The van der Waals surface area contributed by atoms with E-state index < -0.39 is 62.6 Å². The van der Waals surface area contributed by atoms with Gasteiger partial charge in [0.2, 0.25) is 0 Å². The highest BCUT2D eigenvalue weighted by Crippen LogP contribution is 2.48. The lowest BCUT2D eigenvalue weighted by Crippen LogP contribution is -2.25. The maximum atomic E-state index is 13.6. The summed E-state index contributed by atoms with van der Waals surface area (Å²) in [6, 6.07) is 2.92. The summed E-state index contributed by atoms with van der Waals surface area (Å²) in [4.78, 5) is 20.3. The molecule has 0 bridgehead atoms. The first-order valence-electron chi connectivity index (χ1n) is 7.86. The number of halogens is 7. The van der Waals surface area contributed by atoms with Crippen LogP contribution >= 0.6 is 15.9 Å². The maximum absolute atomic E-state index is 13.6. The fourth-order valence-corrected chi connectivity index (χ4v) is 3.13. The van der Waals surface area contributed by atoms with Crippen LogP contribution < -0.4 is 4.90 Å². The summed E-state index contributed by atoms with van der Waals surface area (Å²) < 4.78 is 81.4. The second-order valence-corrected chi connectivity index (χ2v) is 6.69. The van der Waals surface area contributed by atoms with E-state index in [1.54, 1.807) is 0 Å². The molecule has 30 heavy (non-hydrogen) atoms.